The normalized spacial score (nSPS) is 35.3. The van der Waals surface area contributed by atoms with Gasteiger partial charge in [0.1, 0.15) is 11.0 Å². The molecule has 1 N–H and O–H groups in total. The van der Waals surface area contributed by atoms with E-state index in [2.05, 4.69) is 0 Å². The van der Waals surface area contributed by atoms with E-state index in [1.807, 2.05) is 6.08 Å². The average Bonchev–Trinajstić information content (AvgIpc) is 2.15. The Hall–Kier alpha value is -0.940. The van der Waals surface area contributed by atoms with Gasteiger partial charge in [0.15, 0.2) is 0 Å². The van der Waals surface area contributed by atoms with Gasteiger partial charge in [0.25, 0.3) is 10.1 Å². The Labute approximate surface area is 88.4 Å². The molecule has 0 saturated heterocycles. The summed E-state index contributed by atoms with van der Waals surface area (Å²) in [5.41, 5.74) is 0. The van der Waals surface area contributed by atoms with Crippen molar-refractivity contribution in [1.82, 2.24) is 0 Å². The van der Waals surface area contributed by atoms with Crippen LogP contribution in [0.3, 0.4) is 0 Å². The van der Waals surface area contributed by atoms with E-state index in [1.165, 1.54) is 0 Å². The van der Waals surface area contributed by atoms with Crippen molar-refractivity contribution < 1.29 is 17.8 Å². The lowest BCUT2D eigenvalue weighted by atomic mass is 9.76. The molecule has 0 radical (unpaired) electrons. The van der Waals surface area contributed by atoms with E-state index in [1.54, 1.807) is 18.2 Å². The molecule has 0 aromatic heterocycles. The Balaban J connectivity index is 2.34. The van der Waals surface area contributed by atoms with Gasteiger partial charge in [-0.05, 0) is 5.92 Å². The average molecular weight is 228 g/mol. The summed E-state index contributed by atoms with van der Waals surface area (Å²) in [6.45, 7) is 0. The number of hydrogen-bond acceptors (Lipinski definition) is 3. The molecule has 1 fully saturated rings. The van der Waals surface area contributed by atoms with Crippen molar-refractivity contribution in [2.24, 2.45) is 11.8 Å². The Kier molecular flexibility index (Phi) is 2.52. The van der Waals surface area contributed by atoms with Crippen LogP contribution in [0, 0.1) is 11.8 Å². The first-order valence-corrected chi connectivity index (χ1v) is 6.32. The van der Waals surface area contributed by atoms with E-state index >= 15 is 0 Å². The topological polar surface area (TPSA) is 71.4 Å². The predicted molar refractivity (Wildman–Crippen MR) is 54.8 cm³/mol. The van der Waals surface area contributed by atoms with Gasteiger partial charge < -0.3 is 0 Å². The van der Waals surface area contributed by atoms with Crippen LogP contribution in [0.15, 0.2) is 24.3 Å². The molecular weight excluding hydrogens is 216 g/mol. The summed E-state index contributed by atoms with van der Waals surface area (Å²) in [4.78, 5) is 11.3. The number of carbonyl (C=O) groups is 1. The zero-order valence-corrected chi connectivity index (χ0v) is 8.85. The van der Waals surface area contributed by atoms with E-state index in [0.717, 1.165) is 0 Å². The number of allylic oxidation sites excluding steroid dienone is 4. The lowest BCUT2D eigenvalue weighted by Gasteiger charge is -2.33. The molecule has 3 atom stereocenters. The summed E-state index contributed by atoms with van der Waals surface area (Å²) in [6, 6.07) is 0. The maximum absolute atomic E-state index is 11.3. The third kappa shape index (κ3) is 2.03. The van der Waals surface area contributed by atoms with Gasteiger partial charge in [-0.15, -0.1) is 0 Å². The van der Waals surface area contributed by atoms with E-state index in [0.29, 0.717) is 6.42 Å². The molecule has 0 aromatic rings. The van der Waals surface area contributed by atoms with Crippen molar-refractivity contribution in [1.29, 1.82) is 0 Å². The maximum atomic E-state index is 11.3. The molecule has 0 aromatic carbocycles. The lowest BCUT2D eigenvalue weighted by molar-refractivity contribution is -0.121. The van der Waals surface area contributed by atoms with Gasteiger partial charge in [-0.3, -0.25) is 9.35 Å². The van der Waals surface area contributed by atoms with E-state index in [-0.39, 0.29) is 24.0 Å². The third-order valence-corrected chi connectivity index (χ3v) is 4.25. The summed E-state index contributed by atoms with van der Waals surface area (Å²) in [7, 11) is -4.14. The van der Waals surface area contributed by atoms with Gasteiger partial charge >= 0.3 is 0 Å². The first kappa shape index (κ1) is 10.6. The van der Waals surface area contributed by atoms with E-state index in [4.69, 9.17) is 4.55 Å². The number of carbonyl (C=O) groups excluding carboxylic acids is 1. The first-order chi connectivity index (χ1) is 6.98. The molecule has 0 spiro atoms. The summed E-state index contributed by atoms with van der Waals surface area (Å²) in [6.07, 6.45) is 7.46. The second-order valence-electron chi connectivity index (χ2n) is 4.01. The quantitative estimate of drug-likeness (QED) is 0.679. The van der Waals surface area contributed by atoms with Gasteiger partial charge in [-0.2, -0.15) is 8.42 Å². The summed E-state index contributed by atoms with van der Waals surface area (Å²) < 4.78 is 31.3. The molecule has 0 amide bonds. The van der Waals surface area contributed by atoms with Crippen LogP contribution in [-0.2, 0) is 14.9 Å². The van der Waals surface area contributed by atoms with Gasteiger partial charge in [-0.25, -0.2) is 0 Å². The zero-order valence-electron chi connectivity index (χ0n) is 8.04. The summed E-state index contributed by atoms with van der Waals surface area (Å²) >= 11 is 0. The predicted octanol–water partition coefficient (Wildman–Crippen LogP) is 0.964. The number of hydrogen-bond donors (Lipinski definition) is 1. The van der Waals surface area contributed by atoms with Crippen molar-refractivity contribution in [2.75, 3.05) is 0 Å². The largest absolute Gasteiger partial charge is 0.300 e. The molecule has 2 aliphatic rings. The van der Waals surface area contributed by atoms with Crippen LogP contribution < -0.4 is 0 Å². The molecular formula is C10H12O4S. The second kappa shape index (κ2) is 3.57. The van der Waals surface area contributed by atoms with Gasteiger partial charge in [0.2, 0.25) is 0 Å². The number of rotatable bonds is 1. The SMILES string of the molecule is O=C1CC2C=CC=CC2C(S(=O)(=O)O)C1. The molecule has 2 rings (SSSR count). The number of ketones is 1. The summed E-state index contributed by atoms with van der Waals surface area (Å²) in [5.74, 6) is -0.440. The minimum Gasteiger partial charge on any atom is -0.300 e. The van der Waals surface area contributed by atoms with Crippen LogP contribution in [-0.4, -0.2) is 24.0 Å². The highest BCUT2D eigenvalue weighted by atomic mass is 32.2. The van der Waals surface area contributed by atoms with Gasteiger partial charge in [0.05, 0.1) is 0 Å². The summed E-state index contributed by atoms with van der Waals surface area (Å²) in [5, 5.41) is -0.968. The Bertz CT molecular complexity index is 432. The van der Waals surface area contributed by atoms with Gasteiger partial charge in [0, 0.05) is 18.8 Å². The standard InChI is InChI=1S/C10H12O4S/c11-8-5-7-3-1-2-4-9(7)10(6-8)15(12,13)14/h1-4,7,9-10H,5-6H2,(H,12,13,14). The van der Waals surface area contributed by atoms with E-state index < -0.39 is 15.4 Å². The molecule has 4 nitrogen and oxygen atoms in total. The zero-order chi connectivity index (χ0) is 11.1. The molecule has 5 heteroatoms. The fraction of sp³-hybridized carbons (Fsp3) is 0.500. The monoisotopic (exact) mass is 228 g/mol. The Morgan fingerprint density at radius 2 is 1.87 bits per heavy atom. The second-order valence-corrected chi connectivity index (χ2v) is 5.65. The highest BCUT2D eigenvalue weighted by molar-refractivity contribution is 7.86. The number of Topliss-reactive ketones (excluding diaryl/α,β-unsaturated/α-hetero) is 1. The molecule has 2 aliphatic carbocycles. The smallest absolute Gasteiger partial charge is 0.268 e. The first-order valence-electron chi connectivity index (χ1n) is 4.81. The van der Waals surface area contributed by atoms with Crippen LogP contribution in [0.5, 0.6) is 0 Å². The molecule has 0 heterocycles. The fourth-order valence-electron chi connectivity index (χ4n) is 2.28. The fourth-order valence-corrected chi connectivity index (χ4v) is 3.37. The van der Waals surface area contributed by atoms with Crippen molar-refractivity contribution in [3.05, 3.63) is 24.3 Å². The molecule has 3 unspecified atom stereocenters. The minimum atomic E-state index is -4.14. The van der Waals surface area contributed by atoms with Crippen LogP contribution in [0.2, 0.25) is 0 Å². The van der Waals surface area contributed by atoms with Crippen LogP contribution in [0.25, 0.3) is 0 Å². The van der Waals surface area contributed by atoms with Crippen LogP contribution in [0.1, 0.15) is 12.8 Å². The molecule has 0 aliphatic heterocycles. The number of fused-ring (bicyclic) bond motifs is 1. The molecule has 82 valence electrons. The lowest BCUT2D eigenvalue weighted by Crippen LogP contribution is -2.40. The van der Waals surface area contributed by atoms with Crippen LogP contribution in [0.4, 0.5) is 0 Å². The third-order valence-electron chi connectivity index (χ3n) is 3.00. The Morgan fingerprint density at radius 3 is 2.53 bits per heavy atom. The maximum Gasteiger partial charge on any atom is 0.268 e. The van der Waals surface area contributed by atoms with Crippen molar-refractivity contribution in [3.63, 3.8) is 0 Å². The van der Waals surface area contributed by atoms with Crippen LogP contribution >= 0.6 is 0 Å². The van der Waals surface area contributed by atoms with E-state index in [9.17, 15) is 13.2 Å². The van der Waals surface area contributed by atoms with Gasteiger partial charge in [-0.1, -0.05) is 24.3 Å². The minimum absolute atomic E-state index is 0.0713. The molecule has 15 heavy (non-hydrogen) atoms. The highest BCUT2D eigenvalue weighted by Crippen LogP contribution is 2.35. The molecule has 0 bridgehead atoms. The van der Waals surface area contributed by atoms with Crippen molar-refractivity contribution in [2.45, 2.75) is 18.1 Å². The Morgan fingerprint density at radius 1 is 1.20 bits per heavy atom. The highest BCUT2D eigenvalue weighted by Gasteiger charge is 2.41. The van der Waals surface area contributed by atoms with Crippen molar-refractivity contribution >= 4 is 15.9 Å². The van der Waals surface area contributed by atoms with Crippen molar-refractivity contribution in [3.8, 4) is 0 Å². The molecule has 1 saturated carbocycles.